The lowest BCUT2D eigenvalue weighted by molar-refractivity contribution is -0.116. The van der Waals surface area contributed by atoms with Crippen LogP contribution in [0.4, 0.5) is 5.69 Å². The third-order valence-electron chi connectivity index (χ3n) is 6.05. The number of benzene rings is 2. The lowest BCUT2D eigenvalue weighted by Gasteiger charge is -2.23. The minimum Gasteiger partial charge on any atom is -0.349 e. The summed E-state index contributed by atoms with van der Waals surface area (Å²) in [7, 11) is 0. The van der Waals surface area contributed by atoms with E-state index in [4.69, 9.17) is 0 Å². The number of amides is 2. The molecule has 1 fully saturated rings. The van der Waals surface area contributed by atoms with Gasteiger partial charge in [0.15, 0.2) is 0 Å². The number of nitrogens with zero attached hydrogens (tertiary/aromatic N) is 2. The first-order valence-corrected chi connectivity index (χ1v) is 11.2. The number of carbonyl (C=O) groups excluding carboxylic acids is 2. The van der Waals surface area contributed by atoms with Gasteiger partial charge in [-0.1, -0.05) is 38.3 Å². The Labute approximate surface area is 183 Å². The zero-order valence-electron chi connectivity index (χ0n) is 18.3. The first-order valence-electron chi connectivity index (χ1n) is 11.2. The number of anilines is 1. The third kappa shape index (κ3) is 4.79. The Bertz CT molecular complexity index is 1100. The van der Waals surface area contributed by atoms with E-state index >= 15 is 0 Å². The normalized spacial score (nSPS) is 14.5. The van der Waals surface area contributed by atoms with Gasteiger partial charge in [-0.3, -0.25) is 9.59 Å². The largest absolute Gasteiger partial charge is 0.349 e. The maximum Gasteiger partial charge on any atom is 0.251 e. The van der Waals surface area contributed by atoms with Crippen LogP contribution in [0.15, 0.2) is 42.5 Å². The molecule has 6 heteroatoms. The van der Waals surface area contributed by atoms with Crippen LogP contribution in [-0.2, 0) is 17.8 Å². The van der Waals surface area contributed by atoms with Crippen LogP contribution in [0.2, 0.25) is 0 Å². The van der Waals surface area contributed by atoms with E-state index in [-0.39, 0.29) is 24.4 Å². The first kappa shape index (κ1) is 21.1. The fourth-order valence-electron chi connectivity index (χ4n) is 4.37. The summed E-state index contributed by atoms with van der Waals surface area (Å²) in [6.07, 6.45) is 6.49. The van der Waals surface area contributed by atoms with E-state index in [0.717, 1.165) is 47.4 Å². The van der Waals surface area contributed by atoms with E-state index in [9.17, 15) is 9.59 Å². The second kappa shape index (κ2) is 9.33. The Kier molecular flexibility index (Phi) is 6.35. The van der Waals surface area contributed by atoms with E-state index < -0.39 is 0 Å². The van der Waals surface area contributed by atoms with Gasteiger partial charge in [0.25, 0.3) is 5.91 Å². The third-order valence-corrected chi connectivity index (χ3v) is 6.05. The van der Waals surface area contributed by atoms with Crippen LogP contribution in [0.25, 0.3) is 11.0 Å². The second-order valence-corrected chi connectivity index (χ2v) is 8.34. The molecule has 1 heterocycles. The number of carbonyl (C=O) groups is 2. The topological polar surface area (TPSA) is 76.0 Å². The number of aromatic nitrogens is 2. The number of imidazole rings is 1. The molecule has 1 saturated carbocycles. The Balaban J connectivity index is 1.43. The van der Waals surface area contributed by atoms with Gasteiger partial charge in [-0.15, -0.1) is 0 Å². The summed E-state index contributed by atoms with van der Waals surface area (Å²) in [6.45, 7) is 4.15. The van der Waals surface area contributed by atoms with Crippen molar-refractivity contribution in [3.05, 3.63) is 59.4 Å². The Morgan fingerprint density at radius 3 is 2.61 bits per heavy atom. The van der Waals surface area contributed by atoms with Crippen LogP contribution in [0.1, 0.15) is 60.8 Å². The standard InChI is InChI=1S/C25H30N4O2/c1-3-23-27-21-11-7-8-12-22(21)29(23)16-24(30)28-20-14-13-18(15-17(20)2)25(31)26-19-9-5-4-6-10-19/h7-8,11-15,19H,3-6,9-10,16H2,1-2H3,(H,26,31)(H,28,30). The summed E-state index contributed by atoms with van der Waals surface area (Å²) < 4.78 is 1.96. The molecule has 0 unspecified atom stereocenters. The maximum atomic E-state index is 12.8. The van der Waals surface area contributed by atoms with Crippen molar-refractivity contribution in [3.8, 4) is 0 Å². The molecule has 3 aromatic rings. The van der Waals surface area contributed by atoms with Gasteiger partial charge in [0.05, 0.1) is 11.0 Å². The average Bonchev–Trinajstić information content (AvgIpc) is 3.13. The van der Waals surface area contributed by atoms with Crippen molar-refractivity contribution < 1.29 is 9.59 Å². The number of hydrogen-bond donors (Lipinski definition) is 2. The van der Waals surface area contributed by atoms with Gasteiger partial charge < -0.3 is 15.2 Å². The Morgan fingerprint density at radius 2 is 1.87 bits per heavy atom. The molecule has 2 aromatic carbocycles. The highest BCUT2D eigenvalue weighted by Gasteiger charge is 2.18. The van der Waals surface area contributed by atoms with Gasteiger partial charge in [0.2, 0.25) is 5.91 Å². The van der Waals surface area contributed by atoms with Crippen LogP contribution in [0, 0.1) is 6.92 Å². The molecule has 162 valence electrons. The van der Waals surface area contributed by atoms with E-state index in [1.165, 1.54) is 19.3 Å². The van der Waals surface area contributed by atoms with Gasteiger partial charge >= 0.3 is 0 Å². The Morgan fingerprint density at radius 1 is 1.10 bits per heavy atom. The van der Waals surface area contributed by atoms with Crippen molar-refractivity contribution in [1.82, 2.24) is 14.9 Å². The number of aryl methyl sites for hydroxylation is 2. The predicted octanol–water partition coefficient (Wildman–Crippen LogP) is 4.61. The predicted molar refractivity (Wildman–Crippen MR) is 123 cm³/mol. The molecule has 2 N–H and O–H groups in total. The van der Waals surface area contributed by atoms with E-state index in [1.54, 1.807) is 6.07 Å². The van der Waals surface area contributed by atoms with Crippen LogP contribution < -0.4 is 10.6 Å². The minimum atomic E-state index is -0.111. The van der Waals surface area contributed by atoms with Crippen LogP contribution in [-0.4, -0.2) is 27.4 Å². The van der Waals surface area contributed by atoms with Gasteiger partial charge in [0.1, 0.15) is 12.4 Å². The Hall–Kier alpha value is -3.15. The summed E-state index contributed by atoms with van der Waals surface area (Å²) in [5, 5.41) is 6.14. The van der Waals surface area contributed by atoms with Crippen LogP contribution in [0.3, 0.4) is 0 Å². The molecule has 31 heavy (non-hydrogen) atoms. The van der Waals surface area contributed by atoms with Gasteiger partial charge in [-0.05, 0) is 55.7 Å². The molecule has 4 rings (SSSR count). The van der Waals surface area contributed by atoms with Crippen molar-refractivity contribution in [2.45, 2.75) is 65.0 Å². The quantitative estimate of drug-likeness (QED) is 0.614. The zero-order chi connectivity index (χ0) is 21.8. The number of fused-ring (bicyclic) bond motifs is 1. The number of rotatable bonds is 6. The van der Waals surface area contributed by atoms with E-state index in [2.05, 4.69) is 15.6 Å². The summed E-state index contributed by atoms with van der Waals surface area (Å²) in [4.78, 5) is 30.0. The molecule has 0 atom stereocenters. The van der Waals surface area contributed by atoms with E-state index in [1.807, 2.05) is 54.8 Å². The van der Waals surface area contributed by atoms with Gasteiger partial charge in [-0.25, -0.2) is 4.98 Å². The lowest BCUT2D eigenvalue weighted by atomic mass is 9.95. The average molecular weight is 419 g/mol. The monoisotopic (exact) mass is 418 g/mol. The molecule has 1 aliphatic rings. The molecule has 6 nitrogen and oxygen atoms in total. The first-order chi connectivity index (χ1) is 15.0. The van der Waals surface area contributed by atoms with Crippen molar-refractivity contribution in [2.75, 3.05) is 5.32 Å². The number of para-hydroxylation sites is 2. The summed E-state index contributed by atoms with van der Waals surface area (Å²) in [5.74, 6) is 0.744. The molecule has 0 saturated heterocycles. The molecular weight excluding hydrogens is 388 g/mol. The molecule has 1 aromatic heterocycles. The fourth-order valence-corrected chi connectivity index (χ4v) is 4.37. The summed E-state index contributed by atoms with van der Waals surface area (Å²) in [5.41, 5.74) is 4.09. The highest BCUT2D eigenvalue weighted by Crippen LogP contribution is 2.21. The van der Waals surface area contributed by atoms with Gasteiger partial charge in [-0.2, -0.15) is 0 Å². The molecule has 2 amide bonds. The summed E-state index contributed by atoms with van der Waals surface area (Å²) in [6, 6.07) is 13.6. The van der Waals surface area contributed by atoms with Crippen molar-refractivity contribution in [3.63, 3.8) is 0 Å². The molecule has 1 aliphatic carbocycles. The minimum absolute atomic E-state index is 0.0367. The molecule has 0 bridgehead atoms. The number of nitrogens with one attached hydrogen (secondary N) is 2. The second-order valence-electron chi connectivity index (χ2n) is 8.34. The molecule has 0 radical (unpaired) electrons. The smallest absolute Gasteiger partial charge is 0.251 e. The van der Waals surface area contributed by atoms with Crippen molar-refractivity contribution in [2.24, 2.45) is 0 Å². The van der Waals surface area contributed by atoms with Crippen LogP contribution in [0.5, 0.6) is 0 Å². The maximum absolute atomic E-state index is 12.8. The van der Waals surface area contributed by atoms with Crippen molar-refractivity contribution in [1.29, 1.82) is 0 Å². The SMILES string of the molecule is CCc1nc2ccccc2n1CC(=O)Nc1ccc(C(=O)NC2CCCCC2)cc1C. The number of hydrogen-bond acceptors (Lipinski definition) is 3. The molecule has 0 spiro atoms. The van der Waals surface area contributed by atoms with Crippen molar-refractivity contribution >= 4 is 28.5 Å². The lowest BCUT2D eigenvalue weighted by Crippen LogP contribution is -2.36. The highest BCUT2D eigenvalue weighted by molar-refractivity contribution is 5.97. The fraction of sp³-hybridized carbons (Fsp3) is 0.400. The highest BCUT2D eigenvalue weighted by atomic mass is 16.2. The molecular formula is C25H30N4O2. The van der Waals surface area contributed by atoms with Crippen LogP contribution >= 0.6 is 0 Å². The summed E-state index contributed by atoms with van der Waals surface area (Å²) >= 11 is 0. The van der Waals surface area contributed by atoms with E-state index in [0.29, 0.717) is 5.56 Å². The zero-order valence-corrected chi connectivity index (χ0v) is 18.3. The molecule has 0 aliphatic heterocycles. The van der Waals surface area contributed by atoms with Gasteiger partial charge in [0, 0.05) is 23.7 Å².